The molecule has 2 amide bonds. The summed E-state index contributed by atoms with van der Waals surface area (Å²) in [4.78, 5) is 59.7. The average molecular weight is 651 g/mol. The predicted molar refractivity (Wildman–Crippen MR) is 184 cm³/mol. The lowest BCUT2D eigenvalue weighted by Crippen LogP contribution is -2.32. The van der Waals surface area contributed by atoms with Crippen LogP contribution in [0, 0.1) is 23.7 Å². The maximum absolute atomic E-state index is 13.6. The van der Waals surface area contributed by atoms with E-state index in [0.717, 1.165) is 24.8 Å². The van der Waals surface area contributed by atoms with Crippen LogP contribution in [0.1, 0.15) is 52.5 Å². The van der Waals surface area contributed by atoms with Crippen molar-refractivity contribution in [3.8, 4) is 17.0 Å². The Bertz CT molecular complexity index is 2070. The van der Waals surface area contributed by atoms with E-state index in [1.807, 2.05) is 60.7 Å². The molecule has 0 N–H and O–H groups in total. The summed E-state index contributed by atoms with van der Waals surface area (Å²) in [6.07, 6.45) is 2.01. The summed E-state index contributed by atoms with van der Waals surface area (Å²) in [6, 6.07) is 32.6. The van der Waals surface area contributed by atoms with E-state index in [9.17, 15) is 19.2 Å². The van der Waals surface area contributed by atoms with Crippen molar-refractivity contribution in [2.45, 2.75) is 38.9 Å². The Labute approximate surface area is 283 Å². The summed E-state index contributed by atoms with van der Waals surface area (Å²) >= 11 is 0. The van der Waals surface area contributed by atoms with E-state index in [4.69, 9.17) is 14.5 Å². The first kappa shape index (κ1) is 30.7. The third-order valence-electron chi connectivity index (χ3n) is 10.3. The van der Waals surface area contributed by atoms with Crippen LogP contribution in [-0.4, -0.2) is 34.7 Å². The van der Waals surface area contributed by atoms with Crippen molar-refractivity contribution in [2.24, 2.45) is 23.7 Å². The SMILES string of the molecule is CC(OC(=O)c1cc(-c2ccc(N3C(=O)C4C5CCC(C5)C4C3=O)cc2)nc2ccccc12)C(=O)c1ccc(OCc2ccccc2)cc1. The highest BCUT2D eigenvalue weighted by atomic mass is 16.5. The third-order valence-corrected chi connectivity index (χ3v) is 10.3. The first-order chi connectivity index (χ1) is 23.9. The number of aromatic nitrogens is 1. The summed E-state index contributed by atoms with van der Waals surface area (Å²) in [6.45, 7) is 1.97. The third kappa shape index (κ3) is 5.57. The normalized spacial score (nSPS) is 21.5. The summed E-state index contributed by atoms with van der Waals surface area (Å²) in [5.41, 5.74) is 4.10. The Balaban J connectivity index is 0.986. The molecule has 244 valence electrons. The number of para-hydroxylation sites is 1. The molecule has 5 aromatic rings. The molecule has 1 saturated heterocycles. The summed E-state index contributed by atoms with van der Waals surface area (Å²) < 4.78 is 11.6. The Morgan fingerprint density at radius 1 is 0.816 bits per heavy atom. The number of fused-ring (bicyclic) bond motifs is 6. The van der Waals surface area contributed by atoms with Crippen molar-refractivity contribution in [1.82, 2.24) is 4.98 Å². The van der Waals surface area contributed by atoms with Gasteiger partial charge < -0.3 is 9.47 Å². The average Bonchev–Trinajstić information content (AvgIpc) is 3.84. The van der Waals surface area contributed by atoms with E-state index >= 15 is 0 Å². The number of Topliss-reactive ketones (excluding diaryl/α,β-unsaturated/α-hetero) is 1. The van der Waals surface area contributed by atoms with Crippen molar-refractivity contribution >= 4 is 40.2 Å². The molecule has 3 aliphatic rings. The van der Waals surface area contributed by atoms with Crippen LogP contribution >= 0.6 is 0 Å². The Hall–Kier alpha value is -5.63. The molecular formula is C41H34N2O6. The van der Waals surface area contributed by atoms with Crippen LogP contribution in [0.25, 0.3) is 22.2 Å². The maximum Gasteiger partial charge on any atom is 0.339 e. The molecule has 2 aliphatic carbocycles. The van der Waals surface area contributed by atoms with Gasteiger partial charge in [-0.3, -0.25) is 19.3 Å². The molecule has 5 atom stereocenters. The van der Waals surface area contributed by atoms with Gasteiger partial charge in [0.1, 0.15) is 12.4 Å². The number of anilines is 1. The van der Waals surface area contributed by atoms with Gasteiger partial charge in [-0.2, -0.15) is 0 Å². The Morgan fingerprint density at radius 3 is 2.16 bits per heavy atom. The van der Waals surface area contributed by atoms with E-state index in [0.29, 0.717) is 57.6 Å². The fourth-order valence-corrected chi connectivity index (χ4v) is 7.91. The van der Waals surface area contributed by atoms with E-state index in [1.54, 1.807) is 55.5 Å². The number of ketones is 1. The van der Waals surface area contributed by atoms with Crippen LogP contribution in [0.4, 0.5) is 5.69 Å². The lowest BCUT2D eigenvalue weighted by Gasteiger charge is -2.19. The number of carbonyl (C=O) groups excluding carboxylic acids is 4. The summed E-state index contributed by atoms with van der Waals surface area (Å²) in [5.74, 6) is -0.252. The lowest BCUT2D eigenvalue weighted by atomic mass is 9.81. The van der Waals surface area contributed by atoms with Crippen molar-refractivity contribution < 1.29 is 28.7 Å². The topological polar surface area (TPSA) is 103 Å². The standard InChI is InChI=1S/C41H34N2O6/c1-24(38(44)27-15-19-31(20-16-27)48-23-25-7-3-2-4-8-25)49-41(47)33-22-35(42-34-10-6-5-9-32(33)34)26-13-17-30(18-14-26)43-39(45)36-28-11-12-29(21-28)37(36)40(43)46/h2-10,13-20,22,24,28-29,36-37H,11-12,21,23H2,1H3. The molecule has 2 saturated carbocycles. The highest BCUT2D eigenvalue weighted by Crippen LogP contribution is 2.56. The zero-order chi connectivity index (χ0) is 33.6. The molecule has 2 heterocycles. The van der Waals surface area contributed by atoms with Gasteiger partial charge in [0, 0.05) is 16.5 Å². The zero-order valence-corrected chi connectivity index (χ0v) is 27.0. The van der Waals surface area contributed by atoms with Gasteiger partial charge in [0.2, 0.25) is 17.6 Å². The molecule has 4 aromatic carbocycles. The van der Waals surface area contributed by atoms with Gasteiger partial charge >= 0.3 is 5.97 Å². The molecule has 8 rings (SSSR count). The first-order valence-corrected chi connectivity index (χ1v) is 16.8. The zero-order valence-electron chi connectivity index (χ0n) is 27.0. The molecule has 8 nitrogen and oxygen atoms in total. The van der Waals surface area contributed by atoms with Gasteiger partial charge in [-0.25, -0.2) is 9.78 Å². The minimum Gasteiger partial charge on any atom is -0.489 e. The molecular weight excluding hydrogens is 616 g/mol. The second-order valence-corrected chi connectivity index (χ2v) is 13.2. The van der Waals surface area contributed by atoms with Gasteiger partial charge in [0.05, 0.1) is 34.3 Å². The fourth-order valence-electron chi connectivity index (χ4n) is 7.91. The van der Waals surface area contributed by atoms with E-state index in [-0.39, 0.29) is 35.0 Å². The number of benzene rings is 4. The molecule has 5 unspecified atom stereocenters. The number of hydrogen-bond acceptors (Lipinski definition) is 7. The Morgan fingerprint density at radius 2 is 1.47 bits per heavy atom. The molecule has 3 fully saturated rings. The van der Waals surface area contributed by atoms with Crippen molar-refractivity contribution in [1.29, 1.82) is 0 Å². The van der Waals surface area contributed by atoms with Gasteiger partial charge in [0.15, 0.2) is 6.10 Å². The van der Waals surface area contributed by atoms with Gasteiger partial charge in [-0.1, -0.05) is 60.7 Å². The van der Waals surface area contributed by atoms with Crippen LogP contribution in [0.5, 0.6) is 5.75 Å². The highest BCUT2D eigenvalue weighted by molar-refractivity contribution is 6.22. The molecule has 49 heavy (non-hydrogen) atoms. The second-order valence-electron chi connectivity index (χ2n) is 13.2. The van der Waals surface area contributed by atoms with Crippen LogP contribution in [0.2, 0.25) is 0 Å². The van der Waals surface area contributed by atoms with E-state index < -0.39 is 12.1 Å². The number of nitrogens with zero attached hydrogens (tertiary/aromatic N) is 2. The smallest absolute Gasteiger partial charge is 0.339 e. The van der Waals surface area contributed by atoms with Gasteiger partial charge in [0.25, 0.3) is 0 Å². The number of esters is 1. The monoisotopic (exact) mass is 650 g/mol. The number of amides is 2. The first-order valence-electron chi connectivity index (χ1n) is 16.8. The van der Waals surface area contributed by atoms with Crippen LogP contribution in [-0.2, 0) is 20.9 Å². The highest BCUT2D eigenvalue weighted by Gasteiger charge is 2.61. The predicted octanol–water partition coefficient (Wildman–Crippen LogP) is 7.44. The second kappa shape index (κ2) is 12.4. The van der Waals surface area contributed by atoms with Gasteiger partial charge in [-0.05, 0) is 92.1 Å². The minimum absolute atomic E-state index is 0.0835. The summed E-state index contributed by atoms with van der Waals surface area (Å²) in [5, 5.41) is 0.599. The number of imide groups is 1. The number of pyridine rings is 1. The van der Waals surface area contributed by atoms with Gasteiger partial charge in [-0.15, -0.1) is 0 Å². The molecule has 8 heteroatoms. The minimum atomic E-state index is -1.04. The van der Waals surface area contributed by atoms with Crippen molar-refractivity contribution in [3.05, 3.63) is 126 Å². The lowest BCUT2D eigenvalue weighted by molar-refractivity contribution is -0.123. The number of hydrogen-bond donors (Lipinski definition) is 0. The Kier molecular flexibility index (Phi) is 7.79. The van der Waals surface area contributed by atoms with E-state index in [1.165, 1.54) is 4.90 Å². The number of carbonyl (C=O) groups is 4. The largest absolute Gasteiger partial charge is 0.489 e. The molecule has 1 aliphatic heterocycles. The molecule has 2 bridgehead atoms. The maximum atomic E-state index is 13.6. The van der Waals surface area contributed by atoms with Crippen LogP contribution in [0.15, 0.2) is 109 Å². The quantitative estimate of drug-likeness (QED) is 0.0928. The summed E-state index contributed by atoms with van der Waals surface area (Å²) in [7, 11) is 0. The number of ether oxygens (including phenoxy) is 2. The van der Waals surface area contributed by atoms with Crippen LogP contribution in [0.3, 0.4) is 0 Å². The molecule has 0 spiro atoms. The van der Waals surface area contributed by atoms with Crippen LogP contribution < -0.4 is 9.64 Å². The number of rotatable bonds is 9. The van der Waals surface area contributed by atoms with Crippen molar-refractivity contribution in [3.63, 3.8) is 0 Å². The fraction of sp³-hybridized carbons (Fsp3) is 0.244. The van der Waals surface area contributed by atoms with E-state index in [2.05, 4.69) is 0 Å². The van der Waals surface area contributed by atoms with Crippen molar-refractivity contribution in [2.75, 3.05) is 4.90 Å². The molecule has 1 aromatic heterocycles. The molecule has 0 radical (unpaired) electrons.